The number of pyridine rings is 2. The van der Waals surface area contributed by atoms with Crippen LogP contribution in [0.15, 0.2) is 42.6 Å². The zero-order valence-electron chi connectivity index (χ0n) is 24.4. The summed E-state index contributed by atoms with van der Waals surface area (Å²) < 4.78 is 56.0. The van der Waals surface area contributed by atoms with E-state index >= 15 is 4.39 Å². The Morgan fingerprint density at radius 3 is 2.40 bits per heavy atom. The Labute approximate surface area is 247 Å². The molecule has 1 aliphatic heterocycles. The van der Waals surface area contributed by atoms with Gasteiger partial charge < -0.3 is 30.7 Å². The number of hydrogen-bond donors (Lipinski definition) is 3. The van der Waals surface area contributed by atoms with Crippen molar-refractivity contribution in [3.05, 3.63) is 71.2 Å². The van der Waals surface area contributed by atoms with E-state index in [1.165, 1.54) is 30.5 Å². The van der Waals surface area contributed by atoms with Crippen molar-refractivity contribution < 1.29 is 32.2 Å². The molecule has 13 heteroatoms. The fraction of sp³-hybridized carbons (Fsp3) is 0.400. The standard InChI is InChI=1S/C30H35F3N6O4/c1-17(13-24(40)43-30(2,3)4)25(19-7-5-6-8-21(19)31)37-28-22(32)15-20(26(34)41)27(38-28)36-18-14-23(33)29(35-16-18)39-9-11-42-12-10-39/h5-8,14-17,25H,9-13H2,1-4H3,(H2,34,41)(H2,36,37,38)/t17-,25+/m1/s1. The molecule has 1 aliphatic rings. The Bertz CT molecular complexity index is 1480. The second kappa shape index (κ2) is 13.3. The number of carbonyl (C=O) groups excluding carboxylic acids is 2. The van der Waals surface area contributed by atoms with Crippen LogP contribution in [-0.4, -0.2) is 53.7 Å². The lowest BCUT2D eigenvalue weighted by atomic mass is 9.91. The number of morpholine rings is 1. The van der Waals surface area contributed by atoms with Gasteiger partial charge in [0.1, 0.15) is 17.2 Å². The summed E-state index contributed by atoms with van der Waals surface area (Å²) in [6, 6.07) is 7.00. The van der Waals surface area contributed by atoms with Crippen molar-refractivity contribution in [3.8, 4) is 0 Å². The molecule has 1 amide bonds. The van der Waals surface area contributed by atoms with Gasteiger partial charge in [-0.2, -0.15) is 0 Å². The highest BCUT2D eigenvalue weighted by Gasteiger charge is 2.29. The van der Waals surface area contributed by atoms with Gasteiger partial charge in [0.15, 0.2) is 23.3 Å². The molecule has 0 saturated carbocycles. The average Bonchev–Trinajstić information content (AvgIpc) is 2.93. The fourth-order valence-corrected chi connectivity index (χ4v) is 4.68. The summed E-state index contributed by atoms with van der Waals surface area (Å²) in [6.45, 7) is 8.73. The van der Waals surface area contributed by atoms with Gasteiger partial charge in [-0.25, -0.2) is 23.1 Å². The molecule has 230 valence electrons. The summed E-state index contributed by atoms with van der Waals surface area (Å²) in [5, 5.41) is 5.69. The lowest BCUT2D eigenvalue weighted by Crippen LogP contribution is -2.37. The first-order valence-electron chi connectivity index (χ1n) is 13.8. The number of nitrogens with zero attached hydrogens (tertiary/aromatic N) is 3. The maximum Gasteiger partial charge on any atom is 0.306 e. The minimum atomic E-state index is -0.984. The van der Waals surface area contributed by atoms with E-state index in [0.717, 1.165) is 6.07 Å². The lowest BCUT2D eigenvalue weighted by molar-refractivity contribution is -0.156. The van der Waals surface area contributed by atoms with E-state index in [0.29, 0.717) is 26.3 Å². The second-order valence-corrected chi connectivity index (χ2v) is 11.2. The SMILES string of the molecule is C[C@H](CC(=O)OC(C)(C)C)[C@H](Nc1nc(Nc2cnc(N3CCOCC3)c(F)c2)c(C(N)=O)cc1F)c1ccccc1F. The third-order valence-corrected chi connectivity index (χ3v) is 6.65. The van der Waals surface area contributed by atoms with Gasteiger partial charge in [-0.15, -0.1) is 0 Å². The number of carbonyl (C=O) groups is 2. The van der Waals surface area contributed by atoms with Crippen LogP contribution in [0, 0.1) is 23.4 Å². The van der Waals surface area contributed by atoms with E-state index in [1.807, 2.05) is 0 Å². The molecule has 10 nitrogen and oxygen atoms in total. The van der Waals surface area contributed by atoms with Gasteiger partial charge in [-0.3, -0.25) is 9.59 Å². The summed E-state index contributed by atoms with van der Waals surface area (Å²) in [5.41, 5.74) is 4.75. The largest absolute Gasteiger partial charge is 0.460 e. The van der Waals surface area contributed by atoms with Crippen LogP contribution >= 0.6 is 0 Å². The minimum Gasteiger partial charge on any atom is -0.460 e. The number of nitrogens with one attached hydrogen (secondary N) is 2. The number of halogens is 3. The Morgan fingerprint density at radius 1 is 1.07 bits per heavy atom. The number of benzene rings is 1. The molecule has 3 heterocycles. The molecule has 0 bridgehead atoms. The van der Waals surface area contributed by atoms with E-state index in [-0.39, 0.29) is 40.7 Å². The van der Waals surface area contributed by atoms with Crippen LogP contribution in [0.4, 0.5) is 36.3 Å². The number of rotatable bonds is 10. The van der Waals surface area contributed by atoms with Gasteiger partial charge in [0.2, 0.25) is 0 Å². The highest BCUT2D eigenvalue weighted by atomic mass is 19.1. The predicted molar refractivity (Wildman–Crippen MR) is 156 cm³/mol. The Morgan fingerprint density at radius 2 is 1.77 bits per heavy atom. The molecule has 0 radical (unpaired) electrons. The topological polar surface area (TPSA) is 132 Å². The van der Waals surface area contributed by atoms with Crippen LogP contribution in [0.5, 0.6) is 0 Å². The van der Waals surface area contributed by atoms with E-state index in [4.69, 9.17) is 15.2 Å². The number of amides is 1. The Hall–Kier alpha value is -4.39. The Balaban J connectivity index is 1.66. The van der Waals surface area contributed by atoms with E-state index in [9.17, 15) is 18.4 Å². The highest BCUT2D eigenvalue weighted by molar-refractivity contribution is 5.98. The van der Waals surface area contributed by atoms with Crippen molar-refractivity contribution in [3.63, 3.8) is 0 Å². The predicted octanol–water partition coefficient (Wildman–Crippen LogP) is 5.09. The molecule has 4 N–H and O–H groups in total. The zero-order chi connectivity index (χ0) is 31.3. The van der Waals surface area contributed by atoms with Crippen molar-refractivity contribution in [2.45, 2.75) is 45.8 Å². The zero-order valence-corrected chi connectivity index (χ0v) is 24.4. The van der Waals surface area contributed by atoms with Crippen LogP contribution in [0.2, 0.25) is 0 Å². The summed E-state index contributed by atoms with van der Waals surface area (Å²) >= 11 is 0. The van der Waals surface area contributed by atoms with Crippen molar-refractivity contribution in [2.24, 2.45) is 11.7 Å². The van der Waals surface area contributed by atoms with Gasteiger partial charge >= 0.3 is 5.97 Å². The van der Waals surface area contributed by atoms with E-state index < -0.39 is 46.9 Å². The normalized spacial score (nSPS) is 15.0. The molecular formula is C30H35F3N6O4. The molecule has 0 aliphatic carbocycles. The van der Waals surface area contributed by atoms with Gasteiger partial charge in [0.05, 0.1) is 43.1 Å². The molecule has 0 unspecified atom stereocenters. The molecule has 2 aromatic heterocycles. The maximum atomic E-state index is 15.3. The minimum absolute atomic E-state index is 0.115. The van der Waals surface area contributed by atoms with Crippen molar-refractivity contribution in [1.29, 1.82) is 0 Å². The molecule has 0 spiro atoms. The summed E-state index contributed by atoms with van der Waals surface area (Å²) in [7, 11) is 0. The molecule has 1 saturated heterocycles. The van der Waals surface area contributed by atoms with Crippen molar-refractivity contribution >= 4 is 35.0 Å². The van der Waals surface area contributed by atoms with Crippen LogP contribution in [0.3, 0.4) is 0 Å². The number of anilines is 4. The molecule has 2 atom stereocenters. The van der Waals surface area contributed by atoms with Gasteiger partial charge in [-0.1, -0.05) is 25.1 Å². The van der Waals surface area contributed by atoms with Crippen LogP contribution in [0.25, 0.3) is 0 Å². The van der Waals surface area contributed by atoms with E-state index in [1.54, 1.807) is 38.7 Å². The number of hydrogen-bond acceptors (Lipinski definition) is 9. The Kier molecular flexibility index (Phi) is 9.74. The number of aromatic nitrogens is 2. The first-order chi connectivity index (χ1) is 20.3. The first kappa shape index (κ1) is 31.5. The van der Waals surface area contributed by atoms with Crippen molar-refractivity contribution in [2.75, 3.05) is 41.8 Å². The maximum absolute atomic E-state index is 15.3. The number of primary amides is 1. The monoisotopic (exact) mass is 600 g/mol. The lowest BCUT2D eigenvalue weighted by Gasteiger charge is -2.28. The molecule has 3 aromatic rings. The third-order valence-electron chi connectivity index (χ3n) is 6.65. The highest BCUT2D eigenvalue weighted by Crippen LogP contribution is 2.33. The molecule has 4 rings (SSSR count). The number of nitrogens with two attached hydrogens (primary N) is 1. The van der Waals surface area contributed by atoms with Gasteiger partial charge in [-0.05, 0) is 38.8 Å². The van der Waals surface area contributed by atoms with Crippen LogP contribution in [-0.2, 0) is 14.3 Å². The van der Waals surface area contributed by atoms with Gasteiger partial charge in [0.25, 0.3) is 5.91 Å². The quantitative estimate of drug-likeness (QED) is 0.272. The first-order valence-corrected chi connectivity index (χ1v) is 13.8. The van der Waals surface area contributed by atoms with E-state index in [2.05, 4.69) is 20.6 Å². The van der Waals surface area contributed by atoms with Crippen LogP contribution in [0.1, 0.15) is 56.1 Å². The molecular weight excluding hydrogens is 565 g/mol. The number of esters is 1. The van der Waals surface area contributed by atoms with Gasteiger partial charge in [0, 0.05) is 24.7 Å². The smallest absolute Gasteiger partial charge is 0.306 e. The molecule has 1 aromatic carbocycles. The fourth-order valence-electron chi connectivity index (χ4n) is 4.68. The van der Waals surface area contributed by atoms with Crippen molar-refractivity contribution in [1.82, 2.24) is 9.97 Å². The summed E-state index contributed by atoms with van der Waals surface area (Å²) in [6.07, 6.45) is 1.23. The van der Waals surface area contributed by atoms with Crippen LogP contribution < -0.4 is 21.3 Å². The molecule has 1 fully saturated rings. The summed E-state index contributed by atoms with van der Waals surface area (Å²) in [4.78, 5) is 35.0. The average molecular weight is 601 g/mol. The second-order valence-electron chi connectivity index (χ2n) is 11.2. The third kappa shape index (κ3) is 8.13. The number of ether oxygens (including phenoxy) is 2. The molecule has 43 heavy (non-hydrogen) atoms. The summed E-state index contributed by atoms with van der Waals surface area (Å²) in [5.74, 6) is -4.62.